The van der Waals surface area contributed by atoms with Gasteiger partial charge in [0.1, 0.15) is 12.2 Å². The molecule has 0 unspecified atom stereocenters. The van der Waals surface area contributed by atoms with Crippen LogP contribution in [0.4, 0.5) is 0 Å². The third-order valence-corrected chi connectivity index (χ3v) is 1.66. The number of hydrogen-bond donors (Lipinski definition) is 4. The van der Waals surface area contributed by atoms with Crippen molar-refractivity contribution in [3.05, 3.63) is 0 Å². The molecule has 4 N–H and O–H groups in total. The second-order valence-electron chi connectivity index (χ2n) is 2.70. The highest BCUT2D eigenvalue weighted by molar-refractivity contribution is 4.77. The molecule has 0 aliphatic heterocycles. The Hall–Kier alpha value is -0.160. The van der Waals surface area contributed by atoms with Gasteiger partial charge in [0, 0.05) is 0 Å². The average Bonchev–Trinajstić information content (AvgIpc) is 2.00. The molecule has 0 amide bonds. The number of aliphatic hydroxyl groups excluding tert-OH is 4. The smallest absolute Gasteiger partial charge is 0.108 e. The Bertz CT molecular complexity index is 105. The number of rotatable bonds is 4. The summed E-state index contributed by atoms with van der Waals surface area (Å²) >= 11 is 0. The summed E-state index contributed by atoms with van der Waals surface area (Å²) in [5.74, 6) is 0. The quantitative estimate of drug-likeness (QED) is 0.423. The topological polar surface area (TPSA) is 80.9 Å². The minimum atomic E-state index is -1.27. The first-order valence-corrected chi connectivity index (χ1v) is 3.73. The van der Waals surface area contributed by atoms with E-state index >= 15 is 0 Å². The van der Waals surface area contributed by atoms with Crippen LogP contribution in [0, 0.1) is 0 Å². The van der Waals surface area contributed by atoms with E-state index in [1.54, 1.807) is 6.92 Å². The Kier molecular flexibility index (Phi) is 4.60. The maximum Gasteiger partial charge on any atom is 0.108 e. The summed E-state index contributed by atoms with van der Waals surface area (Å²) in [6.07, 6.45) is -4.18. The van der Waals surface area contributed by atoms with E-state index in [9.17, 15) is 0 Å². The molecule has 0 heterocycles. The van der Waals surface area contributed by atoms with Gasteiger partial charge in [-0.2, -0.15) is 0 Å². The first-order chi connectivity index (χ1) is 5.00. The lowest BCUT2D eigenvalue weighted by Crippen LogP contribution is -2.42. The van der Waals surface area contributed by atoms with Gasteiger partial charge >= 0.3 is 0 Å². The molecule has 0 aromatic heterocycles. The predicted molar refractivity (Wildman–Crippen MR) is 40.0 cm³/mol. The van der Waals surface area contributed by atoms with Crippen molar-refractivity contribution in [1.82, 2.24) is 0 Å². The molecule has 4 heteroatoms. The molecule has 0 aromatic rings. The summed E-state index contributed by atoms with van der Waals surface area (Å²) in [4.78, 5) is 0. The molecule has 68 valence electrons. The second kappa shape index (κ2) is 4.66. The van der Waals surface area contributed by atoms with E-state index in [2.05, 4.69) is 0 Å². The standard InChI is InChI=1S/C7H16O4/c1-3-5(9)7(11)6(10)4(2)8/h4-11H,3H2,1-2H3/t4-,5+,6-,7+/m0/s1. The van der Waals surface area contributed by atoms with E-state index in [1.807, 2.05) is 0 Å². The van der Waals surface area contributed by atoms with Crippen molar-refractivity contribution in [3.8, 4) is 0 Å². The molecule has 0 aliphatic carbocycles. The van der Waals surface area contributed by atoms with Crippen LogP contribution in [-0.2, 0) is 0 Å². The fourth-order valence-electron chi connectivity index (χ4n) is 0.754. The van der Waals surface area contributed by atoms with Crippen molar-refractivity contribution in [1.29, 1.82) is 0 Å². The van der Waals surface area contributed by atoms with Crippen LogP contribution in [-0.4, -0.2) is 44.8 Å². The highest BCUT2D eigenvalue weighted by Crippen LogP contribution is 2.06. The Morgan fingerprint density at radius 3 is 1.73 bits per heavy atom. The SMILES string of the molecule is CC[C@@H](O)[C@@H](O)[C@@H](O)[C@H](C)O. The van der Waals surface area contributed by atoms with E-state index in [4.69, 9.17) is 20.4 Å². The lowest BCUT2D eigenvalue weighted by molar-refractivity contribution is -0.100. The van der Waals surface area contributed by atoms with Gasteiger partial charge in [-0.3, -0.25) is 0 Å². The van der Waals surface area contributed by atoms with Crippen molar-refractivity contribution in [2.45, 2.75) is 44.7 Å². The first-order valence-electron chi connectivity index (χ1n) is 3.73. The van der Waals surface area contributed by atoms with Crippen LogP contribution in [0.3, 0.4) is 0 Å². The minimum absolute atomic E-state index is 0.352. The highest BCUT2D eigenvalue weighted by Gasteiger charge is 2.26. The van der Waals surface area contributed by atoms with Crippen LogP contribution in [0.2, 0.25) is 0 Å². The molecule has 0 radical (unpaired) electrons. The summed E-state index contributed by atoms with van der Waals surface area (Å²) in [5.41, 5.74) is 0. The summed E-state index contributed by atoms with van der Waals surface area (Å²) < 4.78 is 0. The second-order valence-corrected chi connectivity index (χ2v) is 2.70. The third kappa shape index (κ3) is 3.16. The van der Waals surface area contributed by atoms with Gasteiger partial charge in [-0.05, 0) is 13.3 Å². The molecule has 0 saturated heterocycles. The van der Waals surface area contributed by atoms with E-state index in [1.165, 1.54) is 6.92 Å². The highest BCUT2D eigenvalue weighted by atomic mass is 16.4. The monoisotopic (exact) mass is 164 g/mol. The van der Waals surface area contributed by atoms with Crippen molar-refractivity contribution in [2.24, 2.45) is 0 Å². The van der Waals surface area contributed by atoms with E-state index in [0.29, 0.717) is 6.42 Å². The molecule has 4 atom stereocenters. The van der Waals surface area contributed by atoms with Crippen molar-refractivity contribution in [2.75, 3.05) is 0 Å². The van der Waals surface area contributed by atoms with E-state index < -0.39 is 24.4 Å². The fraction of sp³-hybridized carbons (Fsp3) is 1.00. The summed E-state index contributed by atoms with van der Waals surface area (Å²) in [7, 11) is 0. The Labute approximate surface area is 66.1 Å². The largest absolute Gasteiger partial charge is 0.391 e. The van der Waals surface area contributed by atoms with Crippen molar-refractivity contribution in [3.63, 3.8) is 0 Å². The molecule has 0 spiro atoms. The summed E-state index contributed by atoms with van der Waals surface area (Å²) in [6.45, 7) is 3.04. The number of hydrogen-bond acceptors (Lipinski definition) is 4. The van der Waals surface area contributed by atoms with Crippen molar-refractivity contribution < 1.29 is 20.4 Å². The molecule has 0 rings (SSSR count). The van der Waals surface area contributed by atoms with Crippen LogP contribution in [0.25, 0.3) is 0 Å². The lowest BCUT2D eigenvalue weighted by Gasteiger charge is -2.23. The fourth-order valence-corrected chi connectivity index (χ4v) is 0.754. The van der Waals surface area contributed by atoms with Crippen LogP contribution in [0.5, 0.6) is 0 Å². The molecule has 0 aliphatic rings. The predicted octanol–water partition coefficient (Wildman–Crippen LogP) is -1.14. The zero-order valence-corrected chi connectivity index (χ0v) is 6.81. The molecule has 0 fully saturated rings. The van der Waals surface area contributed by atoms with E-state index in [-0.39, 0.29) is 0 Å². The molecular weight excluding hydrogens is 148 g/mol. The molecule has 11 heavy (non-hydrogen) atoms. The third-order valence-electron chi connectivity index (χ3n) is 1.66. The van der Waals surface area contributed by atoms with Crippen LogP contribution >= 0.6 is 0 Å². The van der Waals surface area contributed by atoms with Gasteiger partial charge in [0.05, 0.1) is 12.2 Å². The Balaban J connectivity index is 3.90. The number of aliphatic hydroxyl groups is 4. The van der Waals surface area contributed by atoms with Crippen LogP contribution in [0.1, 0.15) is 20.3 Å². The molecule has 0 bridgehead atoms. The van der Waals surface area contributed by atoms with Gasteiger partial charge in [0.15, 0.2) is 0 Å². The molecular formula is C7H16O4. The average molecular weight is 164 g/mol. The van der Waals surface area contributed by atoms with Crippen LogP contribution in [0.15, 0.2) is 0 Å². The Morgan fingerprint density at radius 2 is 1.45 bits per heavy atom. The van der Waals surface area contributed by atoms with Gasteiger partial charge in [-0.25, -0.2) is 0 Å². The molecule has 0 aromatic carbocycles. The van der Waals surface area contributed by atoms with Gasteiger partial charge in [0.25, 0.3) is 0 Å². The zero-order valence-electron chi connectivity index (χ0n) is 6.81. The van der Waals surface area contributed by atoms with Gasteiger partial charge in [-0.1, -0.05) is 6.92 Å². The molecule has 4 nitrogen and oxygen atoms in total. The summed E-state index contributed by atoms with van der Waals surface area (Å²) in [5, 5.41) is 36.0. The van der Waals surface area contributed by atoms with Crippen LogP contribution < -0.4 is 0 Å². The van der Waals surface area contributed by atoms with Gasteiger partial charge in [-0.15, -0.1) is 0 Å². The minimum Gasteiger partial charge on any atom is -0.391 e. The zero-order chi connectivity index (χ0) is 9.02. The van der Waals surface area contributed by atoms with Crippen molar-refractivity contribution >= 4 is 0 Å². The Morgan fingerprint density at radius 1 is 1.00 bits per heavy atom. The lowest BCUT2D eigenvalue weighted by atomic mass is 10.0. The summed E-state index contributed by atoms with van der Waals surface area (Å²) in [6, 6.07) is 0. The normalized spacial score (nSPS) is 22.4. The van der Waals surface area contributed by atoms with E-state index in [0.717, 1.165) is 0 Å². The first kappa shape index (κ1) is 10.8. The maximum absolute atomic E-state index is 9.10. The van der Waals surface area contributed by atoms with Gasteiger partial charge in [0.2, 0.25) is 0 Å². The maximum atomic E-state index is 9.10. The van der Waals surface area contributed by atoms with Gasteiger partial charge < -0.3 is 20.4 Å². The molecule has 0 saturated carbocycles.